The lowest BCUT2D eigenvalue weighted by molar-refractivity contribution is 0.332. The average Bonchev–Trinajstić information content (AvgIpc) is 3.82. The fourth-order valence-corrected chi connectivity index (χ4v) is 13.7. The van der Waals surface area contributed by atoms with Crippen LogP contribution in [-0.2, 0) is 32.5 Å². The van der Waals surface area contributed by atoms with Crippen LogP contribution in [0.25, 0.3) is 71.3 Å². The molecule has 2 aliphatic carbocycles. The maximum absolute atomic E-state index is 7.50. The Hall–Kier alpha value is -5.74. The first kappa shape index (κ1) is 43.3. The Labute approximate surface area is 410 Å². The zero-order chi connectivity index (χ0) is 48.4. The molecular formula is C65H69BN2O. The van der Waals surface area contributed by atoms with Gasteiger partial charge in [-0.25, -0.2) is 0 Å². The molecule has 9 aromatic rings. The van der Waals surface area contributed by atoms with E-state index in [1.807, 2.05) is 0 Å². The van der Waals surface area contributed by atoms with Crippen molar-refractivity contribution in [3.05, 3.63) is 136 Å². The summed E-state index contributed by atoms with van der Waals surface area (Å²) in [7, 11) is 0. The normalized spacial score (nSPS) is 18.5. The molecule has 0 saturated heterocycles. The molecular weight excluding hydrogens is 836 g/mol. The third-order valence-electron chi connectivity index (χ3n) is 18.3. The van der Waals surface area contributed by atoms with E-state index in [1.54, 1.807) is 0 Å². The molecule has 13 rings (SSSR count). The Morgan fingerprint density at radius 3 is 1.81 bits per heavy atom. The Balaban J connectivity index is 1.23. The van der Waals surface area contributed by atoms with E-state index >= 15 is 0 Å². The molecule has 0 amide bonds. The van der Waals surface area contributed by atoms with E-state index in [4.69, 9.17) is 4.42 Å². The lowest BCUT2D eigenvalue weighted by Crippen LogP contribution is -2.61. The molecule has 0 bridgehead atoms. The lowest BCUT2D eigenvalue weighted by Gasteiger charge is -2.46. The second kappa shape index (κ2) is 13.4. The van der Waals surface area contributed by atoms with Crippen LogP contribution in [0, 0.1) is 6.92 Å². The van der Waals surface area contributed by atoms with Gasteiger partial charge in [0.15, 0.2) is 0 Å². The van der Waals surface area contributed by atoms with Gasteiger partial charge in [0.05, 0.1) is 16.7 Å². The lowest BCUT2D eigenvalue weighted by atomic mass is 9.43. The standard InChI is InChI=1S/C65H69BN2O/c1-36-28-46-48(64(12,13)26-24-62(46,8)9)34-53(36)68-52-23-21-41-43-33-47-49(65(14,15)27-25-63(47,10)11)35-54(43)69-59(41)55(52)45-29-37-18-16-17-19-40(37)58-56(45)66(68)50-32-39(61(5,6)7)31-44-42-30-38(60(2,3)4)20-22-51(42)67(58)57(44)50/h16-23,28-35H,24-27H2,1-15H3. The fraction of sp³-hybridized carbons (Fsp3) is 0.385. The third-order valence-corrected chi connectivity index (χ3v) is 18.3. The zero-order valence-corrected chi connectivity index (χ0v) is 43.9. The Bertz CT molecular complexity index is 3780. The monoisotopic (exact) mass is 905 g/mol. The molecule has 4 heterocycles. The van der Waals surface area contributed by atoms with Gasteiger partial charge in [0, 0.05) is 43.9 Å². The van der Waals surface area contributed by atoms with Crippen molar-refractivity contribution in [2.45, 2.75) is 162 Å². The molecule has 0 fully saturated rings. The van der Waals surface area contributed by atoms with Gasteiger partial charge in [-0.05, 0) is 181 Å². The molecule has 0 saturated carbocycles. The molecule has 69 heavy (non-hydrogen) atoms. The van der Waals surface area contributed by atoms with Crippen LogP contribution in [0.3, 0.4) is 0 Å². The number of furan rings is 1. The largest absolute Gasteiger partial charge is 0.455 e. The van der Waals surface area contributed by atoms with Crippen molar-refractivity contribution in [3.8, 4) is 16.8 Å². The van der Waals surface area contributed by atoms with Crippen LogP contribution in [0.1, 0.15) is 162 Å². The number of anilines is 2. The second-order valence-electron chi connectivity index (χ2n) is 26.8. The highest BCUT2D eigenvalue weighted by Crippen LogP contribution is 2.55. The van der Waals surface area contributed by atoms with Crippen molar-refractivity contribution < 1.29 is 4.42 Å². The Morgan fingerprint density at radius 2 is 1.14 bits per heavy atom. The summed E-state index contributed by atoms with van der Waals surface area (Å²) < 4.78 is 10.2. The highest BCUT2D eigenvalue weighted by molar-refractivity contribution is 6.94. The van der Waals surface area contributed by atoms with Gasteiger partial charge in [-0.2, -0.15) is 0 Å². The zero-order valence-electron chi connectivity index (χ0n) is 43.9. The van der Waals surface area contributed by atoms with Gasteiger partial charge in [-0.15, -0.1) is 0 Å². The molecule has 0 unspecified atom stereocenters. The molecule has 0 radical (unpaired) electrons. The van der Waals surface area contributed by atoms with Gasteiger partial charge in [-0.3, -0.25) is 0 Å². The van der Waals surface area contributed by atoms with Gasteiger partial charge < -0.3 is 13.8 Å². The van der Waals surface area contributed by atoms with Crippen LogP contribution in [-0.4, -0.2) is 11.4 Å². The first-order valence-corrected chi connectivity index (χ1v) is 26.0. The predicted molar refractivity (Wildman–Crippen MR) is 297 cm³/mol. The number of hydrogen-bond acceptors (Lipinski definition) is 2. The quantitative estimate of drug-likeness (QED) is 0.153. The van der Waals surface area contributed by atoms with Gasteiger partial charge in [-0.1, -0.05) is 139 Å². The van der Waals surface area contributed by atoms with Crippen LogP contribution in [0.5, 0.6) is 0 Å². The van der Waals surface area contributed by atoms with E-state index in [0.717, 1.165) is 17.6 Å². The fourth-order valence-electron chi connectivity index (χ4n) is 13.7. The summed E-state index contributed by atoms with van der Waals surface area (Å²) in [6, 6.07) is 39.2. The molecule has 2 aromatic heterocycles. The van der Waals surface area contributed by atoms with Crippen molar-refractivity contribution in [1.29, 1.82) is 0 Å². The Morgan fingerprint density at radius 1 is 0.536 bits per heavy atom. The van der Waals surface area contributed by atoms with E-state index in [2.05, 4.69) is 210 Å². The summed E-state index contributed by atoms with van der Waals surface area (Å²) in [6.07, 6.45) is 4.69. The number of nitrogens with zero attached hydrogens (tertiary/aromatic N) is 2. The maximum atomic E-state index is 7.50. The molecule has 0 N–H and O–H groups in total. The van der Waals surface area contributed by atoms with Crippen LogP contribution >= 0.6 is 0 Å². The molecule has 2 aliphatic heterocycles. The van der Waals surface area contributed by atoms with Gasteiger partial charge in [0.2, 0.25) is 0 Å². The van der Waals surface area contributed by atoms with E-state index in [1.165, 1.54) is 141 Å². The van der Waals surface area contributed by atoms with Gasteiger partial charge in [0.1, 0.15) is 11.2 Å². The first-order chi connectivity index (χ1) is 32.4. The molecule has 7 aromatic carbocycles. The van der Waals surface area contributed by atoms with E-state index in [0.29, 0.717) is 0 Å². The molecule has 3 nitrogen and oxygen atoms in total. The molecule has 4 heteroatoms. The average molecular weight is 905 g/mol. The number of benzene rings is 7. The topological polar surface area (TPSA) is 21.3 Å². The van der Waals surface area contributed by atoms with Crippen molar-refractivity contribution in [2.75, 3.05) is 4.81 Å². The summed E-state index contributed by atoms with van der Waals surface area (Å²) in [6.45, 7) is 36.1. The molecule has 4 aliphatic rings. The Kier molecular flexibility index (Phi) is 8.38. The van der Waals surface area contributed by atoms with Crippen LogP contribution < -0.4 is 15.7 Å². The molecule has 0 spiro atoms. The van der Waals surface area contributed by atoms with Crippen molar-refractivity contribution >= 4 is 83.7 Å². The molecule has 348 valence electrons. The van der Waals surface area contributed by atoms with Crippen molar-refractivity contribution in [1.82, 2.24) is 4.57 Å². The minimum atomic E-state index is -0.108. The van der Waals surface area contributed by atoms with Crippen molar-refractivity contribution in [3.63, 3.8) is 0 Å². The highest BCUT2D eigenvalue weighted by atomic mass is 16.3. The molecule has 0 atom stereocenters. The number of aromatic nitrogens is 1. The van der Waals surface area contributed by atoms with Crippen LogP contribution in [0.4, 0.5) is 11.4 Å². The SMILES string of the molecule is Cc1cc2c(cc1N1B3c4c(cc5ccccc5c4-n4c5ccc(C(C)(C)C)cc5c5cc(C(C)(C)C)cc3c54)-c3c1ccc1c3oc3cc4c(cc31)C(C)(C)CCC4(C)C)C(C)(C)CCC2(C)C. The smallest absolute Gasteiger partial charge is 0.333 e. The van der Waals surface area contributed by atoms with E-state index < -0.39 is 0 Å². The summed E-state index contributed by atoms with van der Waals surface area (Å²) in [5.41, 5.74) is 23.8. The van der Waals surface area contributed by atoms with E-state index in [9.17, 15) is 0 Å². The minimum absolute atomic E-state index is 0.00395. The first-order valence-electron chi connectivity index (χ1n) is 26.0. The van der Waals surface area contributed by atoms with Gasteiger partial charge in [0.25, 0.3) is 0 Å². The summed E-state index contributed by atoms with van der Waals surface area (Å²) >= 11 is 0. The van der Waals surface area contributed by atoms with Gasteiger partial charge >= 0.3 is 6.85 Å². The number of rotatable bonds is 1. The summed E-state index contributed by atoms with van der Waals surface area (Å²) in [5, 5.41) is 7.64. The number of hydrogen-bond donors (Lipinski definition) is 0. The second-order valence-corrected chi connectivity index (χ2v) is 26.8. The number of fused-ring (bicyclic) bond motifs is 15. The minimum Gasteiger partial charge on any atom is -0.455 e. The maximum Gasteiger partial charge on any atom is 0.333 e. The van der Waals surface area contributed by atoms with Crippen molar-refractivity contribution in [2.24, 2.45) is 0 Å². The third kappa shape index (κ3) is 5.81. The summed E-state index contributed by atoms with van der Waals surface area (Å²) in [4.78, 5) is 2.79. The van der Waals surface area contributed by atoms with E-state index in [-0.39, 0.29) is 39.3 Å². The van der Waals surface area contributed by atoms with Crippen LogP contribution in [0.15, 0.2) is 101 Å². The predicted octanol–water partition coefficient (Wildman–Crippen LogP) is 16.7. The number of aryl methyl sites for hydroxylation is 1. The van der Waals surface area contributed by atoms with Crippen LogP contribution in [0.2, 0.25) is 0 Å². The highest BCUT2D eigenvalue weighted by Gasteiger charge is 2.48. The summed E-state index contributed by atoms with van der Waals surface area (Å²) in [5.74, 6) is 0.